The molecule has 0 saturated heterocycles. The summed E-state index contributed by atoms with van der Waals surface area (Å²) in [6, 6.07) is 7.59. The molecule has 1 unspecified atom stereocenters. The first kappa shape index (κ1) is 13.9. The zero-order chi connectivity index (χ0) is 12.8. The third-order valence-corrected chi connectivity index (χ3v) is 3.49. The fourth-order valence-corrected chi connectivity index (χ4v) is 1.95. The van der Waals surface area contributed by atoms with Gasteiger partial charge in [-0.1, -0.05) is 12.1 Å². The van der Waals surface area contributed by atoms with Crippen LogP contribution in [0.3, 0.4) is 0 Å². The molecule has 4 heteroatoms. The quantitative estimate of drug-likeness (QED) is 0.845. The van der Waals surface area contributed by atoms with E-state index in [2.05, 4.69) is 18.4 Å². The Morgan fingerprint density at radius 2 is 2.00 bits per heavy atom. The van der Waals surface area contributed by atoms with Gasteiger partial charge in [0.2, 0.25) is 0 Å². The van der Waals surface area contributed by atoms with Gasteiger partial charge in [-0.05, 0) is 43.0 Å². The molecule has 0 radical (unpaired) electrons. The van der Waals surface area contributed by atoms with Crippen molar-refractivity contribution in [2.24, 2.45) is 0 Å². The van der Waals surface area contributed by atoms with E-state index in [9.17, 15) is 4.79 Å². The molecule has 0 fully saturated rings. The van der Waals surface area contributed by atoms with Gasteiger partial charge in [0.25, 0.3) is 0 Å². The van der Waals surface area contributed by atoms with Crippen molar-refractivity contribution in [1.82, 2.24) is 0 Å². The summed E-state index contributed by atoms with van der Waals surface area (Å²) < 4.78 is 0. The Morgan fingerprint density at radius 1 is 1.41 bits per heavy atom. The van der Waals surface area contributed by atoms with E-state index >= 15 is 0 Å². The molecular formula is C13H19NO2S. The van der Waals surface area contributed by atoms with Gasteiger partial charge in [-0.3, -0.25) is 0 Å². The van der Waals surface area contributed by atoms with Crippen LogP contribution in [0.25, 0.3) is 0 Å². The maximum absolute atomic E-state index is 10.9. The molecule has 0 aliphatic carbocycles. The van der Waals surface area contributed by atoms with E-state index in [4.69, 9.17) is 5.11 Å². The number of carboxylic acid groups (broad SMARTS) is 1. The highest BCUT2D eigenvalue weighted by Crippen LogP contribution is 2.17. The van der Waals surface area contributed by atoms with Crippen LogP contribution in [-0.4, -0.2) is 36.2 Å². The SMILES string of the molecule is CSCCc1ccc(N(C)C(C)C(=O)O)cc1. The number of likely N-dealkylation sites (N-methyl/N-ethyl adjacent to an activating group) is 1. The van der Waals surface area contributed by atoms with Crippen molar-refractivity contribution >= 4 is 23.4 Å². The monoisotopic (exact) mass is 253 g/mol. The van der Waals surface area contributed by atoms with Gasteiger partial charge in [-0.2, -0.15) is 11.8 Å². The minimum absolute atomic E-state index is 0.507. The molecule has 94 valence electrons. The predicted molar refractivity (Wildman–Crippen MR) is 74.0 cm³/mol. The van der Waals surface area contributed by atoms with Gasteiger partial charge >= 0.3 is 5.97 Å². The second-order valence-corrected chi connectivity index (χ2v) is 5.02. The standard InChI is InChI=1S/C13H19NO2S/c1-10(13(15)16)14(2)12-6-4-11(5-7-12)8-9-17-3/h4-7,10H,8-9H2,1-3H3,(H,15,16). The van der Waals surface area contributed by atoms with Gasteiger partial charge in [0.1, 0.15) is 6.04 Å². The summed E-state index contributed by atoms with van der Waals surface area (Å²) in [6.07, 6.45) is 3.15. The van der Waals surface area contributed by atoms with Crippen LogP contribution in [0.2, 0.25) is 0 Å². The Kier molecular flexibility index (Phi) is 5.35. The van der Waals surface area contributed by atoms with Crippen molar-refractivity contribution < 1.29 is 9.90 Å². The molecule has 0 aliphatic rings. The van der Waals surface area contributed by atoms with Crippen LogP contribution in [0.5, 0.6) is 0 Å². The fourth-order valence-electron chi connectivity index (χ4n) is 1.51. The molecule has 0 amide bonds. The third kappa shape index (κ3) is 3.97. The lowest BCUT2D eigenvalue weighted by Gasteiger charge is -2.23. The number of carbonyl (C=O) groups is 1. The highest BCUT2D eigenvalue weighted by atomic mass is 32.2. The number of benzene rings is 1. The van der Waals surface area contributed by atoms with Gasteiger partial charge in [0.15, 0.2) is 0 Å². The zero-order valence-electron chi connectivity index (χ0n) is 10.5. The lowest BCUT2D eigenvalue weighted by atomic mass is 10.1. The molecule has 0 heterocycles. The second-order valence-electron chi connectivity index (χ2n) is 4.03. The van der Waals surface area contributed by atoms with Crippen LogP contribution < -0.4 is 4.90 Å². The Hall–Kier alpha value is -1.16. The number of rotatable bonds is 6. The molecule has 3 nitrogen and oxygen atoms in total. The number of hydrogen-bond acceptors (Lipinski definition) is 3. The van der Waals surface area contributed by atoms with E-state index in [1.807, 2.05) is 23.9 Å². The number of aryl methyl sites for hydroxylation is 1. The largest absolute Gasteiger partial charge is 0.480 e. The first-order chi connectivity index (χ1) is 8.06. The summed E-state index contributed by atoms with van der Waals surface area (Å²) in [4.78, 5) is 12.6. The van der Waals surface area contributed by atoms with Crippen LogP contribution in [0.4, 0.5) is 5.69 Å². The highest BCUT2D eigenvalue weighted by Gasteiger charge is 2.16. The minimum atomic E-state index is -0.807. The number of aliphatic carboxylic acids is 1. The molecule has 1 aromatic carbocycles. The Bertz CT molecular complexity index is 364. The van der Waals surface area contributed by atoms with Crippen LogP contribution in [0, 0.1) is 0 Å². The summed E-state index contributed by atoms with van der Waals surface area (Å²) in [5.41, 5.74) is 2.23. The van der Waals surface area contributed by atoms with E-state index in [1.54, 1.807) is 18.9 Å². The average Bonchev–Trinajstić information content (AvgIpc) is 2.35. The Morgan fingerprint density at radius 3 is 2.47 bits per heavy atom. The van der Waals surface area contributed by atoms with Crippen molar-refractivity contribution in [3.8, 4) is 0 Å². The number of nitrogens with zero attached hydrogens (tertiary/aromatic N) is 1. The maximum atomic E-state index is 10.9. The van der Waals surface area contributed by atoms with E-state index in [0.717, 1.165) is 17.9 Å². The van der Waals surface area contributed by atoms with Crippen LogP contribution in [0.15, 0.2) is 24.3 Å². The molecule has 1 atom stereocenters. The normalized spacial score (nSPS) is 12.2. The lowest BCUT2D eigenvalue weighted by molar-refractivity contribution is -0.138. The molecule has 0 aliphatic heterocycles. The summed E-state index contributed by atoms with van der Waals surface area (Å²) in [7, 11) is 1.80. The van der Waals surface area contributed by atoms with E-state index < -0.39 is 12.0 Å². The van der Waals surface area contributed by atoms with Gasteiger partial charge in [0, 0.05) is 12.7 Å². The fraction of sp³-hybridized carbons (Fsp3) is 0.462. The van der Waals surface area contributed by atoms with Gasteiger partial charge < -0.3 is 10.0 Å². The summed E-state index contributed by atoms with van der Waals surface area (Å²) in [5, 5.41) is 8.94. The number of hydrogen-bond donors (Lipinski definition) is 1. The number of carboxylic acids is 1. The number of thioether (sulfide) groups is 1. The summed E-state index contributed by atoms with van der Waals surface area (Å²) >= 11 is 1.83. The molecule has 1 aromatic rings. The van der Waals surface area contributed by atoms with Gasteiger partial charge in [-0.25, -0.2) is 4.79 Å². The molecule has 0 bridgehead atoms. The first-order valence-electron chi connectivity index (χ1n) is 5.59. The van der Waals surface area contributed by atoms with Gasteiger partial charge in [-0.15, -0.1) is 0 Å². The minimum Gasteiger partial charge on any atom is -0.480 e. The predicted octanol–water partition coefficient (Wildman–Crippen LogP) is 2.50. The molecule has 17 heavy (non-hydrogen) atoms. The van der Waals surface area contributed by atoms with E-state index in [1.165, 1.54) is 5.56 Å². The number of anilines is 1. The first-order valence-corrected chi connectivity index (χ1v) is 6.99. The van der Waals surface area contributed by atoms with Crippen molar-refractivity contribution in [3.63, 3.8) is 0 Å². The Labute approximate surface area is 107 Å². The van der Waals surface area contributed by atoms with Crippen molar-refractivity contribution in [2.45, 2.75) is 19.4 Å². The lowest BCUT2D eigenvalue weighted by Crippen LogP contribution is -2.35. The van der Waals surface area contributed by atoms with Crippen molar-refractivity contribution in [2.75, 3.05) is 24.0 Å². The smallest absolute Gasteiger partial charge is 0.326 e. The summed E-state index contributed by atoms with van der Waals surface area (Å²) in [5.74, 6) is 0.305. The second kappa shape index (κ2) is 6.55. The topological polar surface area (TPSA) is 40.5 Å². The average molecular weight is 253 g/mol. The molecule has 0 saturated carbocycles. The van der Waals surface area contributed by atoms with E-state index in [0.29, 0.717) is 0 Å². The third-order valence-electron chi connectivity index (χ3n) is 2.88. The van der Waals surface area contributed by atoms with Crippen molar-refractivity contribution in [1.29, 1.82) is 0 Å². The van der Waals surface area contributed by atoms with Crippen LogP contribution in [0.1, 0.15) is 12.5 Å². The molecule has 1 N–H and O–H groups in total. The molecule has 1 rings (SSSR count). The van der Waals surface area contributed by atoms with Gasteiger partial charge in [0.05, 0.1) is 0 Å². The van der Waals surface area contributed by atoms with Crippen molar-refractivity contribution in [3.05, 3.63) is 29.8 Å². The molecule has 0 aromatic heterocycles. The van der Waals surface area contributed by atoms with E-state index in [-0.39, 0.29) is 0 Å². The summed E-state index contributed by atoms with van der Waals surface area (Å²) in [6.45, 7) is 1.68. The van der Waals surface area contributed by atoms with Crippen LogP contribution in [-0.2, 0) is 11.2 Å². The Balaban J connectivity index is 2.69. The molecule has 0 spiro atoms. The maximum Gasteiger partial charge on any atom is 0.326 e. The highest BCUT2D eigenvalue weighted by molar-refractivity contribution is 7.98. The zero-order valence-corrected chi connectivity index (χ0v) is 11.3. The molecular weight excluding hydrogens is 234 g/mol. The van der Waals surface area contributed by atoms with Crippen LogP contribution >= 0.6 is 11.8 Å².